The lowest BCUT2D eigenvalue weighted by Gasteiger charge is -2.10. The highest BCUT2D eigenvalue weighted by Crippen LogP contribution is 2.27. The van der Waals surface area contributed by atoms with Gasteiger partial charge in [0.25, 0.3) is 5.91 Å². The molecule has 1 atom stereocenters. The van der Waals surface area contributed by atoms with Crippen molar-refractivity contribution in [2.75, 3.05) is 6.61 Å². The molecule has 1 saturated heterocycles. The Bertz CT molecular complexity index is 1110. The van der Waals surface area contributed by atoms with Crippen LogP contribution in [0.3, 0.4) is 0 Å². The maximum Gasteiger partial charge on any atom is 0.264 e. The third kappa shape index (κ3) is 4.70. The molecular weight excluding hydrogens is 389 g/mol. The average Bonchev–Trinajstić information content (AvgIpc) is 3.07. The number of amides is 1. The van der Waals surface area contributed by atoms with E-state index in [0.717, 1.165) is 22.0 Å². The number of carbonyl (C=O) groups is 1. The Labute approximate surface area is 171 Å². The van der Waals surface area contributed by atoms with Gasteiger partial charge in [0.1, 0.15) is 5.82 Å². The number of nitrogens with one attached hydrogen (secondary N) is 1. The number of aliphatic hydroxyl groups excluding tert-OH is 1. The molecule has 0 aliphatic carbocycles. The summed E-state index contributed by atoms with van der Waals surface area (Å²) in [6, 6.07) is 15.3. The summed E-state index contributed by atoms with van der Waals surface area (Å²) in [5, 5.41) is 13.8. The van der Waals surface area contributed by atoms with Crippen LogP contribution in [-0.4, -0.2) is 33.8 Å². The summed E-state index contributed by atoms with van der Waals surface area (Å²) in [5.41, 5.74) is 2.66. The fourth-order valence-electron chi connectivity index (χ4n) is 3.03. The smallest absolute Gasteiger partial charge is 0.264 e. The van der Waals surface area contributed by atoms with E-state index in [4.69, 9.17) is 0 Å². The van der Waals surface area contributed by atoms with Gasteiger partial charge in [-0.15, -0.1) is 0 Å². The van der Waals surface area contributed by atoms with Gasteiger partial charge >= 0.3 is 0 Å². The van der Waals surface area contributed by atoms with Crippen LogP contribution in [-0.2, 0) is 11.2 Å². The number of hydrogen-bond acceptors (Lipinski definition) is 5. The SMILES string of the molecule is O=C1NC(=NC(CO)Cc2ccc(F)cc2)SC1=Cc1ccc2ncccc2c1. The van der Waals surface area contributed by atoms with E-state index in [1.807, 2.05) is 36.4 Å². The molecule has 2 aromatic carbocycles. The standard InChI is InChI=1S/C22H18FN3O2S/c23-17-6-3-14(4-7-17)11-18(13-27)25-22-26-21(28)20(29-22)12-15-5-8-19-16(10-15)2-1-9-24-19/h1-10,12,18,27H,11,13H2,(H,25,26,28). The zero-order valence-electron chi connectivity index (χ0n) is 15.4. The van der Waals surface area contributed by atoms with Crippen LogP contribution in [0.5, 0.6) is 0 Å². The number of aliphatic hydroxyl groups is 1. The van der Waals surface area contributed by atoms with Crippen molar-refractivity contribution in [3.05, 3.63) is 82.6 Å². The highest BCUT2D eigenvalue weighted by atomic mass is 32.2. The van der Waals surface area contributed by atoms with Crippen LogP contribution in [0, 0.1) is 5.82 Å². The van der Waals surface area contributed by atoms with E-state index in [9.17, 15) is 14.3 Å². The number of halogens is 1. The molecule has 0 radical (unpaired) electrons. The Kier molecular flexibility index (Phi) is 5.69. The first-order valence-electron chi connectivity index (χ1n) is 9.09. The second-order valence-corrected chi connectivity index (χ2v) is 7.65. The molecule has 1 aromatic heterocycles. The van der Waals surface area contributed by atoms with Crippen molar-refractivity contribution in [1.82, 2.24) is 10.3 Å². The number of hydrogen-bond donors (Lipinski definition) is 2. The lowest BCUT2D eigenvalue weighted by molar-refractivity contribution is -0.115. The molecule has 29 heavy (non-hydrogen) atoms. The molecule has 5 nitrogen and oxygen atoms in total. The van der Waals surface area contributed by atoms with Gasteiger partial charge in [-0.05, 0) is 65.7 Å². The summed E-state index contributed by atoms with van der Waals surface area (Å²) in [7, 11) is 0. The molecule has 1 amide bonds. The molecule has 2 N–H and O–H groups in total. The van der Waals surface area contributed by atoms with Gasteiger partial charge in [-0.25, -0.2) is 4.39 Å². The molecule has 2 heterocycles. The minimum absolute atomic E-state index is 0.173. The Hall–Kier alpha value is -3.03. The van der Waals surface area contributed by atoms with Crippen LogP contribution in [0.2, 0.25) is 0 Å². The molecular formula is C22H18FN3O2S. The molecule has 146 valence electrons. The Morgan fingerprint density at radius 2 is 2.03 bits per heavy atom. The molecule has 3 aromatic rings. The Morgan fingerprint density at radius 1 is 1.21 bits per heavy atom. The third-order valence-electron chi connectivity index (χ3n) is 4.47. The number of nitrogens with zero attached hydrogens (tertiary/aromatic N) is 2. The monoisotopic (exact) mass is 407 g/mol. The van der Waals surface area contributed by atoms with E-state index in [0.29, 0.717) is 16.5 Å². The van der Waals surface area contributed by atoms with Gasteiger partial charge in [0, 0.05) is 11.6 Å². The maximum atomic E-state index is 13.0. The molecule has 1 unspecified atom stereocenters. The van der Waals surface area contributed by atoms with Crippen molar-refractivity contribution in [2.45, 2.75) is 12.5 Å². The van der Waals surface area contributed by atoms with Crippen LogP contribution >= 0.6 is 11.8 Å². The molecule has 7 heteroatoms. The topological polar surface area (TPSA) is 74.6 Å². The minimum atomic E-state index is -0.422. The first-order chi connectivity index (χ1) is 14.1. The van der Waals surface area contributed by atoms with Crippen LogP contribution in [0.1, 0.15) is 11.1 Å². The normalized spacial score (nSPS) is 17.8. The molecule has 0 saturated carbocycles. The molecule has 0 bridgehead atoms. The van der Waals surface area contributed by atoms with E-state index >= 15 is 0 Å². The number of carbonyl (C=O) groups excluding carboxylic acids is 1. The number of amidine groups is 1. The number of benzene rings is 2. The van der Waals surface area contributed by atoms with Crippen molar-refractivity contribution in [3.8, 4) is 0 Å². The number of pyridine rings is 1. The van der Waals surface area contributed by atoms with Crippen LogP contribution < -0.4 is 5.32 Å². The highest BCUT2D eigenvalue weighted by molar-refractivity contribution is 8.18. The summed E-state index contributed by atoms with van der Waals surface area (Å²) >= 11 is 1.24. The van der Waals surface area contributed by atoms with Crippen molar-refractivity contribution in [3.63, 3.8) is 0 Å². The Balaban J connectivity index is 1.50. The number of rotatable bonds is 5. The largest absolute Gasteiger partial charge is 0.394 e. The van der Waals surface area contributed by atoms with Crippen molar-refractivity contribution in [2.24, 2.45) is 4.99 Å². The zero-order chi connectivity index (χ0) is 20.2. The van der Waals surface area contributed by atoms with Gasteiger partial charge in [0.2, 0.25) is 0 Å². The summed E-state index contributed by atoms with van der Waals surface area (Å²) in [6.45, 7) is -0.173. The fraction of sp³-hybridized carbons (Fsp3) is 0.136. The summed E-state index contributed by atoms with van der Waals surface area (Å²) in [4.78, 5) is 21.6. The lowest BCUT2D eigenvalue weighted by Crippen LogP contribution is -2.23. The summed E-state index contributed by atoms with van der Waals surface area (Å²) < 4.78 is 13.0. The Morgan fingerprint density at radius 3 is 2.83 bits per heavy atom. The molecule has 1 aliphatic heterocycles. The van der Waals surface area contributed by atoms with Crippen LogP contribution in [0.15, 0.2) is 70.7 Å². The minimum Gasteiger partial charge on any atom is -0.394 e. The van der Waals surface area contributed by atoms with E-state index in [1.54, 1.807) is 18.3 Å². The second-order valence-electron chi connectivity index (χ2n) is 6.62. The summed E-state index contributed by atoms with van der Waals surface area (Å²) in [5.74, 6) is -0.531. The quantitative estimate of drug-likeness (QED) is 0.635. The van der Waals surface area contributed by atoms with Crippen LogP contribution in [0.4, 0.5) is 4.39 Å². The first-order valence-corrected chi connectivity index (χ1v) is 9.91. The lowest BCUT2D eigenvalue weighted by atomic mass is 10.1. The molecule has 0 spiro atoms. The van der Waals surface area contributed by atoms with Gasteiger partial charge in [-0.3, -0.25) is 14.8 Å². The van der Waals surface area contributed by atoms with Gasteiger partial charge < -0.3 is 10.4 Å². The maximum absolute atomic E-state index is 13.0. The predicted octanol–water partition coefficient (Wildman–Crippen LogP) is 3.54. The van der Waals surface area contributed by atoms with Gasteiger partial charge in [0.05, 0.1) is 23.1 Å². The van der Waals surface area contributed by atoms with E-state index in [-0.39, 0.29) is 18.3 Å². The van der Waals surface area contributed by atoms with Gasteiger partial charge in [0.15, 0.2) is 5.17 Å². The fourth-order valence-corrected chi connectivity index (χ4v) is 3.93. The molecule has 1 aliphatic rings. The molecule has 4 rings (SSSR count). The van der Waals surface area contributed by atoms with Gasteiger partial charge in [-0.2, -0.15) is 0 Å². The highest BCUT2D eigenvalue weighted by Gasteiger charge is 2.24. The number of aliphatic imine (C=N–C) groups is 1. The number of aromatic nitrogens is 1. The number of fused-ring (bicyclic) bond motifs is 1. The van der Waals surface area contributed by atoms with E-state index < -0.39 is 6.04 Å². The number of thioether (sulfide) groups is 1. The first kappa shape index (κ1) is 19.3. The van der Waals surface area contributed by atoms with Crippen molar-refractivity contribution < 1.29 is 14.3 Å². The third-order valence-corrected chi connectivity index (χ3v) is 5.39. The predicted molar refractivity (Wildman–Crippen MR) is 114 cm³/mol. The average molecular weight is 407 g/mol. The van der Waals surface area contributed by atoms with Crippen molar-refractivity contribution in [1.29, 1.82) is 0 Å². The molecule has 1 fully saturated rings. The van der Waals surface area contributed by atoms with Crippen molar-refractivity contribution >= 4 is 39.8 Å². The zero-order valence-corrected chi connectivity index (χ0v) is 16.2. The van der Waals surface area contributed by atoms with E-state index in [1.165, 1.54) is 23.9 Å². The van der Waals surface area contributed by atoms with Crippen LogP contribution in [0.25, 0.3) is 17.0 Å². The van der Waals surface area contributed by atoms with Gasteiger partial charge in [-0.1, -0.05) is 24.3 Å². The van der Waals surface area contributed by atoms with E-state index in [2.05, 4.69) is 15.3 Å². The summed E-state index contributed by atoms with van der Waals surface area (Å²) in [6.07, 6.45) is 4.00. The second kappa shape index (κ2) is 8.55.